The number of nitrogens with one attached hydrogen (secondary N) is 2. The molecule has 0 saturated carbocycles. The molecule has 7 heteroatoms. The van der Waals surface area contributed by atoms with E-state index in [1.54, 1.807) is 22.5 Å². The molecule has 1 amide bonds. The second-order valence-corrected chi connectivity index (χ2v) is 8.61. The summed E-state index contributed by atoms with van der Waals surface area (Å²) in [6.07, 6.45) is 2.83. The van der Waals surface area contributed by atoms with Crippen molar-refractivity contribution in [2.45, 2.75) is 37.1 Å². The first kappa shape index (κ1) is 17.4. The number of rotatable bonds is 5. The maximum atomic E-state index is 12.9. The summed E-state index contributed by atoms with van der Waals surface area (Å²) >= 11 is 0. The second-order valence-electron chi connectivity index (χ2n) is 6.72. The predicted octanol–water partition coefficient (Wildman–Crippen LogP) is 1.20. The molecule has 3 rings (SSSR count). The Hall–Kier alpha value is -1.44. The fraction of sp³-hybridized carbons (Fsp3) is 0.588. The lowest BCUT2D eigenvalue weighted by Gasteiger charge is -2.32. The van der Waals surface area contributed by atoms with Gasteiger partial charge < -0.3 is 10.6 Å². The van der Waals surface area contributed by atoms with E-state index in [0.29, 0.717) is 24.6 Å². The molecule has 0 aromatic heterocycles. The summed E-state index contributed by atoms with van der Waals surface area (Å²) in [6, 6.07) is 6.37. The van der Waals surface area contributed by atoms with Crippen molar-refractivity contribution in [2.24, 2.45) is 5.92 Å². The maximum absolute atomic E-state index is 12.9. The minimum atomic E-state index is -3.55. The van der Waals surface area contributed by atoms with Gasteiger partial charge in [0.25, 0.3) is 5.91 Å². The summed E-state index contributed by atoms with van der Waals surface area (Å²) in [4.78, 5) is 12.5. The number of amides is 1. The van der Waals surface area contributed by atoms with E-state index < -0.39 is 10.0 Å². The Kier molecular flexibility index (Phi) is 5.22. The smallest absolute Gasteiger partial charge is 0.251 e. The summed E-state index contributed by atoms with van der Waals surface area (Å²) in [5.41, 5.74) is 0.396. The number of hydrogen-bond donors (Lipinski definition) is 2. The zero-order valence-corrected chi connectivity index (χ0v) is 14.8. The lowest BCUT2D eigenvalue weighted by molar-refractivity contribution is 0.0942. The van der Waals surface area contributed by atoms with Crippen LogP contribution in [-0.2, 0) is 10.0 Å². The van der Waals surface area contributed by atoms with Gasteiger partial charge in [0.1, 0.15) is 0 Å². The Morgan fingerprint density at radius 3 is 2.79 bits per heavy atom. The highest BCUT2D eigenvalue weighted by atomic mass is 32.2. The Balaban J connectivity index is 1.74. The minimum absolute atomic E-state index is 0.00680. The monoisotopic (exact) mass is 351 g/mol. The average Bonchev–Trinajstić information content (AvgIpc) is 2.53. The quantitative estimate of drug-likeness (QED) is 0.835. The molecular weight excluding hydrogens is 326 g/mol. The standard InChI is InChI=1S/C17H25N3O3S/c1-13-5-2-3-8-20(13)24(22,23)16-7-4-6-15(9-16)17(21)19-12-14-10-18-11-14/h4,6-7,9,13-14,18H,2-3,5,8,10-12H2,1H3,(H,19,21). The molecule has 2 fully saturated rings. The number of sulfonamides is 1. The van der Waals surface area contributed by atoms with E-state index in [-0.39, 0.29) is 16.8 Å². The molecule has 24 heavy (non-hydrogen) atoms. The van der Waals surface area contributed by atoms with Crippen LogP contribution in [0, 0.1) is 5.92 Å². The third-order valence-electron chi connectivity index (χ3n) is 4.86. The molecule has 2 N–H and O–H groups in total. The third-order valence-corrected chi connectivity index (χ3v) is 6.87. The van der Waals surface area contributed by atoms with Crippen LogP contribution in [0.15, 0.2) is 29.2 Å². The molecule has 0 aliphatic carbocycles. The van der Waals surface area contributed by atoms with Crippen molar-refractivity contribution in [1.29, 1.82) is 0 Å². The number of hydrogen-bond acceptors (Lipinski definition) is 4. The van der Waals surface area contributed by atoms with Gasteiger partial charge in [-0.3, -0.25) is 4.79 Å². The first-order valence-corrected chi connectivity index (χ1v) is 10.0. The molecule has 1 atom stereocenters. The van der Waals surface area contributed by atoms with Gasteiger partial charge in [0.2, 0.25) is 10.0 Å². The molecule has 1 unspecified atom stereocenters. The Bertz CT molecular complexity index is 701. The molecule has 0 bridgehead atoms. The second kappa shape index (κ2) is 7.21. The van der Waals surface area contributed by atoms with E-state index >= 15 is 0 Å². The van der Waals surface area contributed by atoms with Gasteiger partial charge in [-0.1, -0.05) is 12.5 Å². The fourth-order valence-electron chi connectivity index (χ4n) is 3.19. The van der Waals surface area contributed by atoms with Crippen LogP contribution in [0.4, 0.5) is 0 Å². The number of benzene rings is 1. The van der Waals surface area contributed by atoms with Gasteiger partial charge in [0.15, 0.2) is 0 Å². The van der Waals surface area contributed by atoms with E-state index in [1.807, 2.05) is 6.92 Å². The van der Waals surface area contributed by atoms with Crippen LogP contribution in [-0.4, -0.2) is 50.9 Å². The predicted molar refractivity (Wildman–Crippen MR) is 92.3 cm³/mol. The maximum Gasteiger partial charge on any atom is 0.251 e. The Morgan fingerprint density at radius 2 is 2.12 bits per heavy atom. The third kappa shape index (κ3) is 3.63. The molecule has 6 nitrogen and oxygen atoms in total. The van der Waals surface area contributed by atoms with E-state index in [1.165, 1.54) is 6.07 Å². The van der Waals surface area contributed by atoms with Crippen LogP contribution < -0.4 is 10.6 Å². The van der Waals surface area contributed by atoms with E-state index in [2.05, 4.69) is 10.6 Å². The summed E-state index contributed by atoms with van der Waals surface area (Å²) in [7, 11) is -3.55. The molecule has 2 saturated heterocycles. The van der Waals surface area contributed by atoms with Crippen molar-refractivity contribution >= 4 is 15.9 Å². The highest BCUT2D eigenvalue weighted by Gasteiger charge is 2.31. The van der Waals surface area contributed by atoms with Crippen LogP contribution in [0.2, 0.25) is 0 Å². The Morgan fingerprint density at radius 1 is 1.33 bits per heavy atom. The SMILES string of the molecule is CC1CCCCN1S(=O)(=O)c1cccc(C(=O)NCC2CNC2)c1. The van der Waals surface area contributed by atoms with Gasteiger partial charge in [-0.05, 0) is 38.0 Å². The topological polar surface area (TPSA) is 78.5 Å². The lowest BCUT2D eigenvalue weighted by atomic mass is 10.0. The molecule has 132 valence electrons. The van der Waals surface area contributed by atoms with Crippen LogP contribution in [0.3, 0.4) is 0 Å². The Labute approximate surface area is 143 Å². The zero-order chi connectivity index (χ0) is 17.2. The molecule has 2 aliphatic rings. The van der Waals surface area contributed by atoms with Crippen LogP contribution in [0.25, 0.3) is 0 Å². The number of carbonyl (C=O) groups excluding carboxylic acids is 1. The summed E-state index contributed by atoms with van der Waals surface area (Å²) in [5.74, 6) is 0.251. The summed E-state index contributed by atoms with van der Waals surface area (Å²) < 4.78 is 27.3. The van der Waals surface area contributed by atoms with Gasteiger partial charge in [-0.25, -0.2) is 8.42 Å². The number of nitrogens with zero attached hydrogens (tertiary/aromatic N) is 1. The lowest BCUT2D eigenvalue weighted by Crippen LogP contribution is -2.48. The van der Waals surface area contributed by atoms with Gasteiger partial charge in [0.05, 0.1) is 4.90 Å². The molecule has 2 heterocycles. The number of carbonyl (C=O) groups is 1. The normalized spacial score (nSPS) is 22.8. The van der Waals surface area contributed by atoms with Gasteiger partial charge in [-0.2, -0.15) is 4.31 Å². The largest absolute Gasteiger partial charge is 0.352 e. The van der Waals surface area contributed by atoms with Gasteiger partial charge in [0, 0.05) is 43.7 Å². The fourth-order valence-corrected chi connectivity index (χ4v) is 4.94. The number of piperidine rings is 1. The van der Waals surface area contributed by atoms with Crippen molar-refractivity contribution in [3.63, 3.8) is 0 Å². The average molecular weight is 351 g/mol. The van der Waals surface area contributed by atoms with Crippen molar-refractivity contribution in [2.75, 3.05) is 26.2 Å². The highest BCUT2D eigenvalue weighted by Crippen LogP contribution is 2.25. The zero-order valence-electron chi connectivity index (χ0n) is 14.0. The van der Waals surface area contributed by atoms with Crippen molar-refractivity contribution in [1.82, 2.24) is 14.9 Å². The molecule has 1 aromatic rings. The van der Waals surface area contributed by atoms with Crippen molar-refractivity contribution in [3.05, 3.63) is 29.8 Å². The first-order chi connectivity index (χ1) is 11.5. The van der Waals surface area contributed by atoms with E-state index in [9.17, 15) is 13.2 Å². The molecule has 0 radical (unpaired) electrons. The highest BCUT2D eigenvalue weighted by molar-refractivity contribution is 7.89. The summed E-state index contributed by atoms with van der Waals surface area (Å²) in [5, 5.41) is 6.04. The molecular formula is C17H25N3O3S. The molecule has 2 aliphatic heterocycles. The van der Waals surface area contributed by atoms with E-state index in [0.717, 1.165) is 32.4 Å². The van der Waals surface area contributed by atoms with E-state index in [4.69, 9.17) is 0 Å². The van der Waals surface area contributed by atoms with Crippen molar-refractivity contribution < 1.29 is 13.2 Å². The summed E-state index contributed by atoms with van der Waals surface area (Å²) in [6.45, 7) is 4.95. The molecule has 0 spiro atoms. The van der Waals surface area contributed by atoms with Crippen LogP contribution >= 0.6 is 0 Å². The van der Waals surface area contributed by atoms with Crippen LogP contribution in [0.5, 0.6) is 0 Å². The van der Waals surface area contributed by atoms with Gasteiger partial charge in [-0.15, -0.1) is 0 Å². The van der Waals surface area contributed by atoms with Gasteiger partial charge >= 0.3 is 0 Å². The molecule has 1 aromatic carbocycles. The first-order valence-electron chi connectivity index (χ1n) is 8.59. The minimum Gasteiger partial charge on any atom is -0.352 e. The van der Waals surface area contributed by atoms with Crippen LogP contribution in [0.1, 0.15) is 36.5 Å². The van der Waals surface area contributed by atoms with Crippen molar-refractivity contribution in [3.8, 4) is 0 Å².